The maximum atomic E-state index is 12.7. The van der Waals surface area contributed by atoms with Crippen LogP contribution in [0.15, 0.2) is 71.3 Å². The highest BCUT2D eigenvalue weighted by atomic mass is 16.5. The number of hydrogen-bond acceptors (Lipinski definition) is 7. The number of amides is 2. The zero-order valence-corrected chi connectivity index (χ0v) is 18.7. The van der Waals surface area contributed by atoms with Crippen molar-refractivity contribution < 1.29 is 28.3 Å². The fourth-order valence-electron chi connectivity index (χ4n) is 3.46. The molecule has 0 radical (unpaired) electrons. The first-order valence-corrected chi connectivity index (χ1v) is 10.9. The lowest BCUT2D eigenvalue weighted by Gasteiger charge is -2.28. The number of carbonyl (C=O) groups is 3. The molecule has 4 rings (SSSR count). The van der Waals surface area contributed by atoms with Gasteiger partial charge in [0.1, 0.15) is 0 Å². The summed E-state index contributed by atoms with van der Waals surface area (Å²) in [6.45, 7) is 4.51. The number of anilines is 3. The summed E-state index contributed by atoms with van der Waals surface area (Å²) in [6.07, 6.45) is 0.325. The van der Waals surface area contributed by atoms with Crippen molar-refractivity contribution in [3.63, 3.8) is 0 Å². The monoisotopic (exact) mass is 463 g/mol. The van der Waals surface area contributed by atoms with Gasteiger partial charge < -0.3 is 29.4 Å². The smallest absolute Gasteiger partial charge is 0.341 e. The third kappa shape index (κ3) is 5.62. The van der Waals surface area contributed by atoms with E-state index < -0.39 is 23.9 Å². The minimum Gasteiger partial charge on any atom is -0.459 e. The van der Waals surface area contributed by atoms with Crippen molar-refractivity contribution >= 4 is 34.8 Å². The van der Waals surface area contributed by atoms with Crippen LogP contribution in [0.4, 0.5) is 17.1 Å². The Balaban J connectivity index is 1.35. The van der Waals surface area contributed by atoms with Crippen LogP contribution in [-0.4, -0.2) is 50.2 Å². The van der Waals surface area contributed by atoms with E-state index in [-0.39, 0.29) is 17.0 Å². The summed E-state index contributed by atoms with van der Waals surface area (Å²) in [7, 11) is 0. The van der Waals surface area contributed by atoms with Gasteiger partial charge in [0.05, 0.1) is 30.7 Å². The lowest BCUT2D eigenvalue weighted by Crippen LogP contribution is -2.36. The highest BCUT2D eigenvalue weighted by Crippen LogP contribution is 2.21. The van der Waals surface area contributed by atoms with E-state index in [1.807, 2.05) is 12.1 Å². The molecule has 0 aliphatic carbocycles. The van der Waals surface area contributed by atoms with Crippen LogP contribution in [-0.2, 0) is 14.3 Å². The van der Waals surface area contributed by atoms with Gasteiger partial charge in [0.15, 0.2) is 11.9 Å². The second-order valence-electron chi connectivity index (χ2n) is 7.66. The summed E-state index contributed by atoms with van der Waals surface area (Å²) in [5, 5.41) is 5.38. The van der Waals surface area contributed by atoms with Crippen molar-refractivity contribution in [2.75, 3.05) is 41.8 Å². The number of nitrogens with one attached hydrogen (secondary N) is 2. The van der Waals surface area contributed by atoms with E-state index in [4.69, 9.17) is 13.9 Å². The number of esters is 1. The minimum absolute atomic E-state index is 0.107. The zero-order chi connectivity index (χ0) is 23.9. The quantitative estimate of drug-likeness (QED) is 0.516. The number of morpholine rings is 1. The molecule has 9 nitrogen and oxygen atoms in total. The second kappa shape index (κ2) is 10.7. The Morgan fingerprint density at radius 3 is 2.38 bits per heavy atom. The zero-order valence-electron chi connectivity index (χ0n) is 18.7. The SMILES string of the molecule is CC(OC(=O)c1ccccc1NC(=O)c1ccco1)C(=O)Nc1ccc(N2CCOCC2)cc1. The summed E-state index contributed by atoms with van der Waals surface area (Å²) in [6, 6.07) is 16.9. The van der Waals surface area contributed by atoms with E-state index >= 15 is 0 Å². The van der Waals surface area contributed by atoms with E-state index in [9.17, 15) is 14.4 Å². The molecular formula is C25H25N3O6. The molecule has 1 fully saturated rings. The van der Waals surface area contributed by atoms with Crippen LogP contribution in [0.5, 0.6) is 0 Å². The molecule has 2 N–H and O–H groups in total. The maximum Gasteiger partial charge on any atom is 0.341 e. The van der Waals surface area contributed by atoms with Crippen molar-refractivity contribution in [3.05, 3.63) is 78.3 Å². The number of para-hydroxylation sites is 1. The summed E-state index contributed by atoms with van der Waals surface area (Å²) >= 11 is 0. The molecule has 1 saturated heterocycles. The molecular weight excluding hydrogens is 438 g/mol. The molecule has 1 aliphatic rings. The van der Waals surface area contributed by atoms with Gasteiger partial charge >= 0.3 is 5.97 Å². The van der Waals surface area contributed by atoms with Crippen molar-refractivity contribution in [1.29, 1.82) is 0 Å². The Kier molecular flexibility index (Phi) is 7.24. The van der Waals surface area contributed by atoms with Gasteiger partial charge in [0.25, 0.3) is 11.8 Å². The predicted molar refractivity (Wildman–Crippen MR) is 126 cm³/mol. The standard InChI is InChI=1S/C25H25N3O6/c1-17(23(29)26-18-8-10-19(11-9-18)28-12-15-32-16-13-28)34-25(31)20-5-2-3-6-21(20)27-24(30)22-7-4-14-33-22/h2-11,14,17H,12-13,15-16H2,1H3,(H,26,29)(H,27,30). The summed E-state index contributed by atoms with van der Waals surface area (Å²) < 4.78 is 15.8. The highest BCUT2D eigenvalue weighted by Gasteiger charge is 2.22. The number of furan rings is 1. The molecule has 9 heteroatoms. The first kappa shape index (κ1) is 23.1. The number of carbonyl (C=O) groups excluding carboxylic acids is 3. The van der Waals surface area contributed by atoms with E-state index in [2.05, 4.69) is 15.5 Å². The predicted octanol–water partition coefficient (Wildman–Crippen LogP) is 3.55. The van der Waals surface area contributed by atoms with Gasteiger partial charge in [-0.1, -0.05) is 12.1 Å². The molecule has 0 saturated carbocycles. The number of ether oxygens (including phenoxy) is 2. The van der Waals surface area contributed by atoms with Crippen LogP contribution >= 0.6 is 0 Å². The fraction of sp³-hybridized carbons (Fsp3) is 0.240. The van der Waals surface area contributed by atoms with Crippen LogP contribution in [0.1, 0.15) is 27.8 Å². The van der Waals surface area contributed by atoms with Crippen LogP contribution in [0.25, 0.3) is 0 Å². The molecule has 1 aromatic heterocycles. The molecule has 2 heterocycles. The molecule has 176 valence electrons. The van der Waals surface area contributed by atoms with Crippen LogP contribution in [0.3, 0.4) is 0 Å². The molecule has 1 unspecified atom stereocenters. The third-order valence-electron chi connectivity index (χ3n) is 5.30. The Morgan fingerprint density at radius 1 is 0.941 bits per heavy atom. The van der Waals surface area contributed by atoms with E-state index in [0.29, 0.717) is 18.9 Å². The first-order chi connectivity index (χ1) is 16.5. The van der Waals surface area contributed by atoms with Gasteiger partial charge in [-0.2, -0.15) is 0 Å². The fourth-order valence-corrected chi connectivity index (χ4v) is 3.46. The largest absolute Gasteiger partial charge is 0.459 e. The molecule has 3 aromatic rings. The summed E-state index contributed by atoms with van der Waals surface area (Å²) in [5.74, 6) is -1.60. The lowest BCUT2D eigenvalue weighted by molar-refractivity contribution is -0.123. The Bertz CT molecular complexity index is 1140. The number of rotatable bonds is 7. The molecule has 2 aromatic carbocycles. The molecule has 34 heavy (non-hydrogen) atoms. The maximum absolute atomic E-state index is 12.7. The van der Waals surface area contributed by atoms with Gasteiger partial charge in [-0.25, -0.2) is 4.79 Å². The number of benzene rings is 2. The first-order valence-electron chi connectivity index (χ1n) is 10.9. The van der Waals surface area contributed by atoms with E-state index in [0.717, 1.165) is 18.8 Å². The van der Waals surface area contributed by atoms with Gasteiger partial charge in [-0.15, -0.1) is 0 Å². The van der Waals surface area contributed by atoms with Gasteiger partial charge in [-0.3, -0.25) is 9.59 Å². The molecule has 0 spiro atoms. The summed E-state index contributed by atoms with van der Waals surface area (Å²) in [4.78, 5) is 39.8. The van der Waals surface area contributed by atoms with Crippen LogP contribution in [0, 0.1) is 0 Å². The lowest BCUT2D eigenvalue weighted by atomic mass is 10.1. The summed E-state index contributed by atoms with van der Waals surface area (Å²) in [5.41, 5.74) is 2.02. The molecule has 0 bridgehead atoms. The topological polar surface area (TPSA) is 110 Å². The normalized spacial score (nSPS) is 14.2. The van der Waals surface area contributed by atoms with Crippen molar-refractivity contribution in [1.82, 2.24) is 0 Å². The number of nitrogens with zero attached hydrogens (tertiary/aromatic N) is 1. The Morgan fingerprint density at radius 2 is 1.68 bits per heavy atom. The molecule has 2 amide bonds. The van der Waals surface area contributed by atoms with Gasteiger partial charge in [-0.05, 0) is 55.5 Å². The molecule has 1 atom stereocenters. The van der Waals surface area contributed by atoms with E-state index in [1.54, 1.807) is 36.4 Å². The number of hydrogen-bond donors (Lipinski definition) is 2. The Labute approximate surface area is 196 Å². The van der Waals surface area contributed by atoms with Gasteiger partial charge in [0.2, 0.25) is 0 Å². The average Bonchev–Trinajstić information content (AvgIpc) is 3.41. The average molecular weight is 463 g/mol. The van der Waals surface area contributed by atoms with Crippen LogP contribution < -0.4 is 15.5 Å². The van der Waals surface area contributed by atoms with E-state index in [1.165, 1.54) is 25.3 Å². The van der Waals surface area contributed by atoms with Crippen molar-refractivity contribution in [2.24, 2.45) is 0 Å². The van der Waals surface area contributed by atoms with Crippen molar-refractivity contribution in [3.8, 4) is 0 Å². The third-order valence-corrected chi connectivity index (χ3v) is 5.30. The highest BCUT2D eigenvalue weighted by molar-refractivity contribution is 6.07. The second-order valence-corrected chi connectivity index (χ2v) is 7.66. The Hall–Kier alpha value is -4.11. The van der Waals surface area contributed by atoms with Crippen LogP contribution in [0.2, 0.25) is 0 Å². The minimum atomic E-state index is -1.06. The van der Waals surface area contributed by atoms with Gasteiger partial charge in [0, 0.05) is 24.5 Å². The molecule has 1 aliphatic heterocycles. The van der Waals surface area contributed by atoms with Crippen molar-refractivity contribution in [2.45, 2.75) is 13.0 Å².